The average molecular weight is 704 g/mol. The first-order chi connectivity index (χ1) is 25.2. The Labute approximate surface area is 304 Å². The Hall–Kier alpha value is -5.79. The van der Waals surface area contributed by atoms with Gasteiger partial charge in [-0.15, -0.1) is 34.0 Å². The zero-order chi connectivity index (χ0) is 33.5. The Bertz CT molecular complexity index is 3020. The van der Waals surface area contributed by atoms with Crippen LogP contribution in [-0.2, 0) is 0 Å². The van der Waals surface area contributed by atoms with Crippen molar-refractivity contribution >= 4 is 94.5 Å². The molecule has 0 radical (unpaired) electrons. The van der Waals surface area contributed by atoms with Crippen LogP contribution in [0.4, 0.5) is 0 Å². The molecule has 4 aromatic heterocycles. The number of aromatic nitrogens is 3. The summed E-state index contributed by atoms with van der Waals surface area (Å²) in [6.45, 7) is 0. The summed E-state index contributed by atoms with van der Waals surface area (Å²) in [6.07, 6.45) is 0. The normalized spacial score (nSPS) is 11.9. The van der Waals surface area contributed by atoms with E-state index in [1.165, 1.54) is 71.6 Å². The summed E-state index contributed by atoms with van der Waals surface area (Å²) in [5.74, 6) is 2.02. The minimum absolute atomic E-state index is 0.673. The molecule has 51 heavy (non-hydrogen) atoms. The largest absolute Gasteiger partial charge is 0.208 e. The molecule has 0 aliphatic rings. The molecule has 3 nitrogen and oxygen atoms in total. The van der Waals surface area contributed by atoms with Gasteiger partial charge in [-0.2, -0.15) is 0 Å². The molecule has 7 aromatic carbocycles. The second-order valence-electron chi connectivity index (χ2n) is 12.8. The van der Waals surface area contributed by atoms with Crippen LogP contribution in [-0.4, -0.2) is 15.0 Å². The maximum Gasteiger partial charge on any atom is 0.164 e. The molecule has 11 aromatic rings. The Morgan fingerprint density at radius 2 is 0.588 bits per heavy atom. The lowest BCUT2D eigenvalue weighted by Gasteiger charge is -2.09. The van der Waals surface area contributed by atoms with E-state index < -0.39 is 0 Å². The van der Waals surface area contributed by atoms with Crippen molar-refractivity contribution in [2.45, 2.75) is 0 Å². The van der Waals surface area contributed by atoms with Gasteiger partial charge in [0, 0.05) is 77.2 Å². The van der Waals surface area contributed by atoms with E-state index in [0.717, 1.165) is 16.7 Å². The van der Waals surface area contributed by atoms with Crippen LogP contribution in [0.15, 0.2) is 152 Å². The average Bonchev–Trinajstić information content (AvgIpc) is 3.87. The van der Waals surface area contributed by atoms with Gasteiger partial charge in [0.25, 0.3) is 0 Å². The van der Waals surface area contributed by atoms with Gasteiger partial charge in [-0.05, 0) is 47.5 Å². The van der Waals surface area contributed by atoms with Crippen LogP contribution in [0.5, 0.6) is 0 Å². The molecule has 0 atom stereocenters. The number of thiophene rings is 3. The standard InChI is InChI=1S/C45H25N3S3/c1-2-8-26(9-3-1)27-14-18-35-36-21-17-30(25-42(36)51-39(35)22-27)45-47-43(28-15-19-33-31-10-4-6-12-37(31)49-40(33)23-28)46-44(48-45)29-16-20-34-32-11-5-7-13-38(32)50-41(34)24-29/h1-25H. The number of fused-ring (bicyclic) bond motifs is 9. The molecule has 0 N–H and O–H groups in total. The van der Waals surface area contributed by atoms with Crippen molar-refractivity contribution < 1.29 is 0 Å². The topological polar surface area (TPSA) is 38.7 Å². The van der Waals surface area contributed by atoms with Gasteiger partial charge in [0.15, 0.2) is 17.5 Å². The van der Waals surface area contributed by atoms with E-state index in [0.29, 0.717) is 17.5 Å². The second-order valence-corrected chi connectivity index (χ2v) is 16.1. The van der Waals surface area contributed by atoms with Gasteiger partial charge in [0.1, 0.15) is 0 Å². The van der Waals surface area contributed by atoms with Crippen LogP contribution >= 0.6 is 34.0 Å². The summed E-state index contributed by atoms with van der Waals surface area (Å²) in [5, 5.41) is 7.60. The van der Waals surface area contributed by atoms with Crippen molar-refractivity contribution in [1.29, 1.82) is 0 Å². The summed E-state index contributed by atoms with van der Waals surface area (Å²) < 4.78 is 7.51. The lowest BCUT2D eigenvalue weighted by Crippen LogP contribution is -2.00. The highest BCUT2D eigenvalue weighted by Gasteiger charge is 2.17. The van der Waals surface area contributed by atoms with E-state index in [2.05, 4.69) is 152 Å². The fraction of sp³-hybridized carbons (Fsp3) is 0. The highest BCUT2D eigenvalue weighted by molar-refractivity contribution is 7.26. The van der Waals surface area contributed by atoms with Gasteiger partial charge in [0.2, 0.25) is 0 Å². The highest BCUT2D eigenvalue weighted by atomic mass is 32.1. The third-order valence-electron chi connectivity index (χ3n) is 9.75. The summed E-state index contributed by atoms with van der Waals surface area (Å²) in [5.41, 5.74) is 5.41. The van der Waals surface area contributed by atoms with Crippen molar-refractivity contribution in [3.8, 4) is 45.3 Å². The maximum atomic E-state index is 5.16. The molecule has 0 aliphatic heterocycles. The van der Waals surface area contributed by atoms with Gasteiger partial charge >= 0.3 is 0 Å². The number of hydrogen-bond acceptors (Lipinski definition) is 6. The predicted octanol–water partition coefficient (Wildman–Crippen LogP) is 13.6. The van der Waals surface area contributed by atoms with Crippen LogP contribution in [0, 0.1) is 0 Å². The van der Waals surface area contributed by atoms with Crippen molar-refractivity contribution in [2.24, 2.45) is 0 Å². The molecule has 11 rings (SSSR count). The van der Waals surface area contributed by atoms with E-state index in [4.69, 9.17) is 15.0 Å². The Morgan fingerprint density at radius 1 is 0.255 bits per heavy atom. The molecular formula is C45H25N3S3. The van der Waals surface area contributed by atoms with Gasteiger partial charge in [-0.3, -0.25) is 0 Å². The van der Waals surface area contributed by atoms with Crippen molar-refractivity contribution in [2.75, 3.05) is 0 Å². The zero-order valence-corrected chi connectivity index (χ0v) is 29.4. The number of hydrogen-bond donors (Lipinski definition) is 0. The van der Waals surface area contributed by atoms with E-state index in [9.17, 15) is 0 Å². The zero-order valence-electron chi connectivity index (χ0n) is 27.0. The minimum Gasteiger partial charge on any atom is -0.208 e. The van der Waals surface area contributed by atoms with Gasteiger partial charge < -0.3 is 0 Å². The number of benzene rings is 7. The van der Waals surface area contributed by atoms with Crippen molar-refractivity contribution in [3.63, 3.8) is 0 Å². The van der Waals surface area contributed by atoms with E-state index in [-0.39, 0.29) is 0 Å². The van der Waals surface area contributed by atoms with E-state index in [1.54, 1.807) is 0 Å². The smallest absolute Gasteiger partial charge is 0.164 e. The lowest BCUT2D eigenvalue weighted by atomic mass is 10.0. The molecule has 0 bridgehead atoms. The second kappa shape index (κ2) is 11.4. The SMILES string of the molecule is c1ccc(-c2ccc3c(c2)sc2cc(-c4nc(-c5ccc6c(c5)sc5ccccc56)nc(-c5ccc6c(c5)sc5ccccc56)n4)ccc23)cc1. The van der Waals surface area contributed by atoms with Gasteiger partial charge in [-0.25, -0.2) is 15.0 Å². The third kappa shape index (κ3) is 4.79. The fourth-order valence-electron chi connectivity index (χ4n) is 7.22. The quantitative estimate of drug-likeness (QED) is 0.183. The molecule has 4 heterocycles. The molecule has 0 saturated heterocycles. The van der Waals surface area contributed by atoms with Gasteiger partial charge in [0.05, 0.1) is 0 Å². The summed E-state index contributed by atoms with van der Waals surface area (Å²) in [6, 6.07) is 54.4. The van der Waals surface area contributed by atoms with Crippen LogP contribution in [0.1, 0.15) is 0 Å². The van der Waals surface area contributed by atoms with E-state index >= 15 is 0 Å². The molecule has 0 fully saturated rings. The molecule has 238 valence electrons. The molecular weight excluding hydrogens is 679 g/mol. The Morgan fingerprint density at radius 3 is 1.04 bits per heavy atom. The predicted molar refractivity (Wildman–Crippen MR) is 220 cm³/mol. The summed E-state index contributed by atoms with van der Waals surface area (Å²) >= 11 is 5.44. The van der Waals surface area contributed by atoms with Crippen LogP contribution in [0.2, 0.25) is 0 Å². The van der Waals surface area contributed by atoms with E-state index in [1.807, 2.05) is 34.0 Å². The lowest BCUT2D eigenvalue weighted by molar-refractivity contribution is 1.08. The fourth-order valence-corrected chi connectivity index (χ4v) is 10.7. The van der Waals surface area contributed by atoms with Crippen molar-refractivity contribution in [3.05, 3.63) is 152 Å². The molecule has 6 heteroatoms. The van der Waals surface area contributed by atoms with Crippen molar-refractivity contribution in [1.82, 2.24) is 15.0 Å². The first-order valence-corrected chi connectivity index (χ1v) is 19.3. The molecule has 0 spiro atoms. The van der Waals surface area contributed by atoms with Crippen LogP contribution in [0.25, 0.3) is 106 Å². The molecule has 0 amide bonds. The van der Waals surface area contributed by atoms with Crippen LogP contribution < -0.4 is 0 Å². The summed E-state index contributed by atoms with van der Waals surface area (Å²) in [7, 11) is 0. The van der Waals surface area contributed by atoms with Crippen LogP contribution in [0.3, 0.4) is 0 Å². The first kappa shape index (κ1) is 29.0. The third-order valence-corrected chi connectivity index (χ3v) is 13.1. The molecule has 0 aliphatic carbocycles. The van der Waals surface area contributed by atoms with Gasteiger partial charge in [-0.1, -0.05) is 115 Å². The molecule has 0 unspecified atom stereocenters. The maximum absolute atomic E-state index is 5.16. The molecule has 0 saturated carbocycles. The monoisotopic (exact) mass is 703 g/mol. The Kier molecular flexibility index (Phi) is 6.46. The number of rotatable bonds is 4. The Balaban J connectivity index is 1.08. The summed E-state index contributed by atoms with van der Waals surface area (Å²) in [4.78, 5) is 15.5. The number of nitrogens with zero attached hydrogens (tertiary/aromatic N) is 3. The minimum atomic E-state index is 0.673. The first-order valence-electron chi connectivity index (χ1n) is 16.8. The highest BCUT2D eigenvalue weighted by Crippen LogP contribution is 2.40.